The second-order valence-electron chi connectivity index (χ2n) is 9.71. The zero-order valence-electron chi connectivity index (χ0n) is 18.5. The predicted octanol–water partition coefficient (Wildman–Crippen LogP) is 2.80. The van der Waals surface area contributed by atoms with Crippen LogP contribution in [0, 0.1) is 11.3 Å². The van der Waals surface area contributed by atoms with Gasteiger partial charge in [-0.25, -0.2) is 0 Å². The van der Waals surface area contributed by atoms with Crippen LogP contribution in [0.15, 0.2) is 12.1 Å². The van der Waals surface area contributed by atoms with Gasteiger partial charge in [0.25, 0.3) is 0 Å². The van der Waals surface area contributed by atoms with E-state index in [0.717, 1.165) is 32.4 Å². The van der Waals surface area contributed by atoms with Gasteiger partial charge in [-0.2, -0.15) is 0 Å². The van der Waals surface area contributed by atoms with Gasteiger partial charge in [0.05, 0.1) is 19.8 Å². The van der Waals surface area contributed by atoms with Crippen molar-refractivity contribution in [1.82, 2.24) is 4.90 Å². The largest absolute Gasteiger partial charge is 0.493 e. The van der Waals surface area contributed by atoms with Gasteiger partial charge in [-0.15, -0.1) is 0 Å². The van der Waals surface area contributed by atoms with Gasteiger partial charge in [-0.1, -0.05) is 20.8 Å². The van der Waals surface area contributed by atoms with Crippen molar-refractivity contribution in [3.8, 4) is 11.5 Å². The molecule has 164 valence electrons. The number of piperidine rings is 1. The van der Waals surface area contributed by atoms with Crippen molar-refractivity contribution < 1.29 is 24.4 Å². The molecule has 2 aliphatic heterocycles. The van der Waals surface area contributed by atoms with Crippen molar-refractivity contribution in [2.24, 2.45) is 11.3 Å². The van der Waals surface area contributed by atoms with Gasteiger partial charge in [0.15, 0.2) is 11.5 Å². The van der Waals surface area contributed by atoms with Gasteiger partial charge < -0.3 is 24.4 Å². The molecule has 6 nitrogen and oxygen atoms in total. The van der Waals surface area contributed by atoms with E-state index in [2.05, 4.69) is 31.7 Å². The molecule has 0 bridgehead atoms. The summed E-state index contributed by atoms with van der Waals surface area (Å²) < 4.78 is 16.4. The Morgan fingerprint density at radius 1 is 1.17 bits per heavy atom. The van der Waals surface area contributed by atoms with E-state index in [1.54, 1.807) is 14.2 Å². The number of hydrogen-bond donors (Lipinski definition) is 2. The number of fused-ring (bicyclic) bond motifs is 3. The third-order valence-corrected chi connectivity index (χ3v) is 6.04. The molecule has 1 aromatic carbocycles. The Labute approximate surface area is 174 Å². The highest BCUT2D eigenvalue weighted by molar-refractivity contribution is 5.49. The molecule has 0 aromatic heterocycles. The number of nitrogens with zero attached hydrogens (tertiary/aromatic N) is 1. The fourth-order valence-electron chi connectivity index (χ4n) is 4.79. The van der Waals surface area contributed by atoms with E-state index in [1.165, 1.54) is 11.1 Å². The number of rotatable bonds is 7. The second kappa shape index (κ2) is 9.21. The summed E-state index contributed by atoms with van der Waals surface area (Å²) in [6.45, 7) is 9.05. The van der Waals surface area contributed by atoms with E-state index in [1.807, 2.05) is 6.07 Å². The number of ether oxygens (including phenoxy) is 3. The van der Waals surface area contributed by atoms with Crippen LogP contribution >= 0.6 is 0 Å². The standard InChI is InChI=1S/C23H37NO5/c1-23(2,3)11-16-12-24-7-6-15-8-22(29-14-17(25)13-27-4)21(28-5)9-18(15)19(24)10-20(16)26/h8-9,16-17,19-20,25-26H,6-7,10-14H2,1-5H3/t16?,17-,19?,20?/m1/s1. The van der Waals surface area contributed by atoms with Crippen molar-refractivity contribution in [1.29, 1.82) is 0 Å². The second-order valence-corrected chi connectivity index (χ2v) is 9.71. The lowest BCUT2D eigenvalue weighted by molar-refractivity contribution is -0.0259. The summed E-state index contributed by atoms with van der Waals surface area (Å²) in [4.78, 5) is 2.52. The molecule has 29 heavy (non-hydrogen) atoms. The van der Waals surface area contributed by atoms with Gasteiger partial charge in [-0.3, -0.25) is 4.90 Å². The molecule has 0 saturated carbocycles. The van der Waals surface area contributed by atoms with Crippen LogP contribution < -0.4 is 9.47 Å². The molecule has 0 amide bonds. The van der Waals surface area contributed by atoms with Crippen LogP contribution in [0.1, 0.15) is 50.8 Å². The number of methoxy groups -OCH3 is 2. The first-order valence-corrected chi connectivity index (χ1v) is 10.6. The number of aliphatic hydroxyl groups is 2. The Hall–Kier alpha value is -1.34. The highest BCUT2D eigenvalue weighted by Gasteiger charge is 2.39. The highest BCUT2D eigenvalue weighted by atomic mass is 16.5. The van der Waals surface area contributed by atoms with Crippen LogP contribution in [0.2, 0.25) is 0 Å². The van der Waals surface area contributed by atoms with Gasteiger partial charge in [0.2, 0.25) is 0 Å². The van der Waals surface area contributed by atoms with Crippen LogP contribution in [-0.2, 0) is 11.2 Å². The lowest BCUT2D eigenvalue weighted by Crippen LogP contribution is -2.48. The lowest BCUT2D eigenvalue weighted by Gasteiger charge is -2.47. The van der Waals surface area contributed by atoms with E-state index >= 15 is 0 Å². The molecule has 2 aliphatic rings. The Bertz CT molecular complexity index is 687. The summed E-state index contributed by atoms with van der Waals surface area (Å²) in [5.74, 6) is 1.64. The summed E-state index contributed by atoms with van der Waals surface area (Å²) in [6, 6.07) is 4.31. The molecule has 0 radical (unpaired) electrons. The van der Waals surface area contributed by atoms with E-state index < -0.39 is 6.10 Å². The maximum atomic E-state index is 10.9. The molecule has 3 unspecified atom stereocenters. The van der Waals surface area contributed by atoms with Crippen LogP contribution in [0.3, 0.4) is 0 Å². The number of benzene rings is 1. The minimum Gasteiger partial charge on any atom is -0.493 e. The molecular formula is C23H37NO5. The summed E-state index contributed by atoms with van der Waals surface area (Å²) in [7, 11) is 3.19. The molecule has 2 N–H and O–H groups in total. The number of aliphatic hydroxyl groups excluding tert-OH is 2. The quantitative estimate of drug-likeness (QED) is 0.724. The molecule has 1 aromatic rings. The van der Waals surface area contributed by atoms with Gasteiger partial charge >= 0.3 is 0 Å². The Balaban J connectivity index is 1.77. The highest BCUT2D eigenvalue weighted by Crippen LogP contribution is 2.44. The van der Waals surface area contributed by atoms with Gasteiger partial charge in [0, 0.05) is 26.2 Å². The zero-order valence-corrected chi connectivity index (χ0v) is 18.5. The minimum absolute atomic E-state index is 0.158. The van der Waals surface area contributed by atoms with Crippen molar-refractivity contribution in [3.63, 3.8) is 0 Å². The molecule has 0 aliphatic carbocycles. The van der Waals surface area contributed by atoms with Gasteiger partial charge in [-0.05, 0) is 53.9 Å². The topological polar surface area (TPSA) is 71.4 Å². The molecular weight excluding hydrogens is 370 g/mol. The summed E-state index contributed by atoms with van der Waals surface area (Å²) in [6.07, 6.45) is 1.77. The van der Waals surface area contributed by atoms with Crippen LogP contribution in [0.4, 0.5) is 0 Å². The summed E-state index contributed by atoms with van der Waals surface area (Å²) >= 11 is 0. The average molecular weight is 408 g/mol. The Morgan fingerprint density at radius 3 is 2.59 bits per heavy atom. The molecule has 4 atom stereocenters. The van der Waals surface area contributed by atoms with Crippen LogP contribution in [0.5, 0.6) is 11.5 Å². The predicted molar refractivity (Wildman–Crippen MR) is 113 cm³/mol. The lowest BCUT2D eigenvalue weighted by atomic mass is 9.75. The Kier molecular flexibility index (Phi) is 7.10. The molecule has 0 spiro atoms. The van der Waals surface area contributed by atoms with E-state index in [4.69, 9.17) is 14.2 Å². The van der Waals surface area contributed by atoms with Crippen LogP contribution in [-0.4, -0.2) is 67.8 Å². The SMILES string of the molecule is COC[C@@H](O)COc1cc2c(cc1OC)C1CC(O)C(CC(C)(C)C)CN1CC2. The average Bonchev–Trinajstić information content (AvgIpc) is 2.65. The van der Waals surface area contributed by atoms with Crippen molar-refractivity contribution in [2.45, 2.75) is 58.3 Å². The third kappa shape index (κ3) is 5.43. The monoisotopic (exact) mass is 407 g/mol. The fourth-order valence-corrected chi connectivity index (χ4v) is 4.79. The van der Waals surface area contributed by atoms with Crippen molar-refractivity contribution in [3.05, 3.63) is 23.3 Å². The summed E-state index contributed by atoms with van der Waals surface area (Å²) in [5, 5.41) is 20.7. The molecule has 6 heteroatoms. The molecule has 1 saturated heterocycles. The van der Waals surface area contributed by atoms with E-state index in [9.17, 15) is 10.2 Å². The van der Waals surface area contributed by atoms with Crippen LogP contribution in [0.25, 0.3) is 0 Å². The van der Waals surface area contributed by atoms with Gasteiger partial charge in [0.1, 0.15) is 12.7 Å². The zero-order chi connectivity index (χ0) is 21.2. The Morgan fingerprint density at radius 2 is 1.93 bits per heavy atom. The first-order valence-electron chi connectivity index (χ1n) is 10.6. The fraction of sp³-hybridized carbons (Fsp3) is 0.739. The maximum Gasteiger partial charge on any atom is 0.161 e. The maximum absolute atomic E-state index is 10.9. The van der Waals surface area contributed by atoms with E-state index in [-0.39, 0.29) is 30.8 Å². The normalized spacial score (nSPS) is 25.8. The number of hydrogen-bond acceptors (Lipinski definition) is 6. The minimum atomic E-state index is -0.676. The summed E-state index contributed by atoms with van der Waals surface area (Å²) in [5.41, 5.74) is 2.69. The smallest absolute Gasteiger partial charge is 0.161 e. The molecule has 2 heterocycles. The first-order chi connectivity index (χ1) is 13.7. The molecule has 3 rings (SSSR count). The first kappa shape index (κ1) is 22.3. The molecule has 1 fully saturated rings. The van der Waals surface area contributed by atoms with E-state index in [0.29, 0.717) is 17.4 Å². The third-order valence-electron chi connectivity index (χ3n) is 6.04. The van der Waals surface area contributed by atoms with Crippen molar-refractivity contribution >= 4 is 0 Å². The van der Waals surface area contributed by atoms with Crippen molar-refractivity contribution in [2.75, 3.05) is 40.5 Å².